The van der Waals surface area contributed by atoms with E-state index in [0.29, 0.717) is 25.8 Å². The number of nitro groups is 1. The SMILES string of the molecule is Cc1ccc(C(=O)Nc2nnc(SCc3ccc(Cl)cc3)s2)cc1[N+](=O)[O-]. The van der Waals surface area contributed by atoms with Crippen LogP contribution in [0, 0.1) is 17.0 Å². The first-order valence-corrected chi connectivity index (χ1v) is 9.87. The highest BCUT2D eigenvalue weighted by Gasteiger charge is 2.16. The summed E-state index contributed by atoms with van der Waals surface area (Å²) < 4.78 is 0.704. The number of aryl methyl sites for hydroxylation is 1. The molecule has 0 bridgehead atoms. The van der Waals surface area contributed by atoms with E-state index in [9.17, 15) is 14.9 Å². The molecule has 0 saturated carbocycles. The number of anilines is 1. The third kappa shape index (κ3) is 5.03. The quantitative estimate of drug-likeness (QED) is 0.262. The molecule has 0 radical (unpaired) electrons. The molecule has 1 heterocycles. The van der Waals surface area contributed by atoms with Crippen LogP contribution in [0.15, 0.2) is 46.8 Å². The molecule has 0 fully saturated rings. The molecule has 0 spiro atoms. The summed E-state index contributed by atoms with van der Waals surface area (Å²) in [7, 11) is 0. The molecule has 0 atom stereocenters. The van der Waals surface area contributed by atoms with E-state index in [4.69, 9.17) is 11.6 Å². The molecule has 0 saturated heterocycles. The van der Waals surface area contributed by atoms with Crippen LogP contribution < -0.4 is 5.32 Å². The van der Waals surface area contributed by atoms with Crippen molar-refractivity contribution in [1.29, 1.82) is 0 Å². The zero-order valence-corrected chi connectivity index (χ0v) is 16.4. The second-order valence-corrected chi connectivity index (χ2v) is 8.14. The third-order valence-corrected chi connectivity index (χ3v) is 5.87. The van der Waals surface area contributed by atoms with Gasteiger partial charge in [0.1, 0.15) is 0 Å². The number of nitro benzene ring substituents is 1. The molecule has 0 aliphatic carbocycles. The van der Waals surface area contributed by atoms with Gasteiger partial charge in [-0.25, -0.2) is 0 Å². The zero-order valence-electron chi connectivity index (χ0n) is 14.0. The molecule has 3 aromatic rings. The molecule has 1 N–H and O–H groups in total. The number of thioether (sulfide) groups is 1. The van der Waals surface area contributed by atoms with Gasteiger partial charge in [-0.3, -0.25) is 20.2 Å². The maximum atomic E-state index is 12.3. The van der Waals surface area contributed by atoms with Gasteiger partial charge in [0.15, 0.2) is 4.34 Å². The van der Waals surface area contributed by atoms with Crippen molar-refractivity contribution in [3.63, 3.8) is 0 Å². The smallest absolute Gasteiger partial charge is 0.273 e. The molecule has 0 unspecified atom stereocenters. The molecule has 2 aromatic carbocycles. The molecule has 1 amide bonds. The first-order chi connectivity index (χ1) is 12.9. The predicted octanol–water partition coefficient (Wildman–Crippen LogP) is 4.95. The molecule has 10 heteroatoms. The van der Waals surface area contributed by atoms with Crippen molar-refractivity contribution in [2.45, 2.75) is 17.0 Å². The molecular formula is C17H13ClN4O3S2. The van der Waals surface area contributed by atoms with Crippen molar-refractivity contribution >= 4 is 51.4 Å². The van der Waals surface area contributed by atoms with E-state index in [2.05, 4.69) is 15.5 Å². The number of hydrogen-bond donors (Lipinski definition) is 1. The number of aromatic nitrogens is 2. The van der Waals surface area contributed by atoms with E-state index in [1.165, 1.54) is 35.2 Å². The number of nitrogens with one attached hydrogen (secondary N) is 1. The number of halogens is 1. The first kappa shape index (κ1) is 19.3. The maximum absolute atomic E-state index is 12.3. The first-order valence-electron chi connectivity index (χ1n) is 7.69. The Kier molecular flexibility index (Phi) is 6.04. The summed E-state index contributed by atoms with van der Waals surface area (Å²) in [4.78, 5) is 22.8. The normalized spacial score (nSPS) is 10.6. The van der Waals surface area contributed by atoms with Gasteiger partial charge in [-0.2, -0.15) is 0 Å². The van der Waals surface area contributed by atoms with Gasteiger partial charge in [0.05, 0.1) is 4.92 Å². The van der Waals surface area contributed by atoms with E-state index < -0.39 is 10.8 Å². The van der Waals surface area contributed by atoms with Crippen LogP contribution in [-0.4, -0.2) is 21.0 Å². The highest BCUT2D eigenvalue weighted by atomic mass is 35.5. The van der Waals surface area contributed by atoms with E-state index in [-0.39, 0.29) is 11.3 Å². The minimum absolute atomic E-state index is 0.0980. The van der Waals surface area contributed by atoms with Gasteiger partial charge < -0.3 is 0 Å². The van der Waals surface area contributed by atoms with E-state index in [1.807, 2.05) is 24.3 Å². The van der Waals surface area contributed by atoms with Crippen molar-refractivity contribution in [2.24, 2.45) is 0 Å². The molecule has 7 nitrogen and oxygen atoms in total. The molecule has 3 rings (SSSR count). The molecule has 1 aromatic heterocycles. The molecule has 27 heavy (non-hydrogen) atoms. The monoisotopic (exact) mass is 420 g/mol. The van der Waals surface area contributed by atoms with Gasteiger partial charge in [-0.1, -0.05) is 52.9 Å². The summed E-state index contributed by atoms with van der Waals surface area (Å²) in [6.45, 7) is 1.62. The molecule has 0 aliphatic heterocycles. The number of rotatable bonds is 6. The lowest BCUT2D eigenvalue weighted by molar-refractivity contribution is -0.385. The number of amides is 1. The van der Waals surface area contributed by atoms with Crippen LogP contribution in [-0.2, 0) is 5.75 Å². The average molecular weight is 421 g/mol. The second-order valence-electron chi connectivity index (χ2n) is 5.50. The van der Waals surface area contributed by atoms with Crippen molar-refractivity contribution < 1.29 is 9.72 Å². The van der Waals surface area contributed by atoms with Gasteiger partial charge in [0, 0.05) is 28.0 Å². The number of carbonyl (C=O) groups is 1. The van der Waals surface area contributed by atoms with Crippen LogP contribution in [0.2, 0.25) is 5.02 Å². The summed E-state index contributed by atoms with van der Waals surface area (Å²) in [5.74, 6) is 0.229. The zero-order chi connectivity index (χ0) is 19.4. The number of benzene rings is 2. The fourth-order valence-electron chi connectivity index (χ4n) is 2.16. The third-order valence-electron chi connectivity index (χ3n) is 3.57. The fourth-order valence-corrected chi connectivity index (χ4v) is 3.99. The Morgan fingerprint density at radius 3 is 2.70 bits per heavy atom. The summed E-state index contributed by atoms with van der Waals surface area (Å²) in [6, 6.07) is 11.8. The predicted molar refractivity (Wildman–Crippen MR) is 107 cm³/mol. The summed E-state index contributed by atoms with van der Waals surface area (Å²) in [6.07, 6.45) is 0. The minimum Gasteiger partial charge on any atom is -0.296 e. The number of carbonyl (C=O) groups excluding carboxylic acids is 1. The lowest BCUT2D eigenvalue weighted by Crippen LogP contribution is -2.12. The van der Waals surface area contributed by atoms with Crippen molar-refractivity contribution in [1.82, 2.24) is 10.2 Å². The Labute approximate surface area is 167 Å². The summed E-state index contributed by atoms with van der Waals surface area (Å²) in [5, 5.41) is 22.6. The lowest BCUT2D eigenvalue weighted by atomic mass is 10.1. The largest absolute Gasteiger partial charge is 0.296 e. The summed E-state index contributed by atoms with van der Waals surface area (Å²) in [5.41, 5.74) is 1.68. The molecule has 0 aliphatic rings. The van der Waals surface area contributed by atoms with Crippen molar-refractivity contribution in [3.8, 4) is 0 Å². The van der Waals surface area contributed by atoms with Crippen molar-refractivity contribution in [3.05, 3.63) is 74.3 Å². The van der Waals surface area contributed by atoms with Gasteiger partial charge >= 0.3 is 0 Å². The molecular weight excluding hydrogens is 408 g/mol. The Morgan fingerprint density at radius 1 is 1.26 bits per heavy atom. The summed E-state index contributed by atoms with van der Waals surface area (Å²) >= 11 is 8.60. The van der Waals surface area contributed by atoms with E-state index in [0.717, 1.165) is 5.56 Å². The standard InChI is InChI=1S/C17H13ClN4O3S2/c1-10-2-5-12(8-14(10)22(24)25)15(23)19-16-20-21-17(27-16)26-9-11-3-6-13(18)7-4-11/h2-8H,9H2,1H3,(H,19,20,23). The molecule has 138 valence electrons. The van der Waals surface area contributed by atoms with Gasteiger partial charge in [-0.05, 0) is 30.7 Å². The highest BCUT2D eigenvalue weighted by molar-refractivity contribution is 8.00. The maximum Gasteiger partial charge on any atom is 0.273 e. The van der Waals surface area contributed by atoms with Crippen LogP contribution in [0.3, 0.4) is 0 Å². The highest BCUT2D eigenvalue weighted by Crippen LogP contribution is 2.29. The Hall–Kier alpha value is -2.49. The van der Waals surface area contributed by atoms with Crippen LogP contribution in [0.25, 0.3) is 0 Å². The number of nitrogens with zero attached hydrogens (tertiary/aromatic N) is 3. The minimum atomic E-state index is -0.511. The second kappa shape index (κ2) is 8.47. The van der Waals surface area contributed by atoms with E-state index in [1.54, 1.807) is 13.0 Å². The van der Waals surface area contributed by atoms with Crippen LogP contribution in [0.4, 0.5) is 10.8 Å². The number of hydrogen-bond acceptors (Lipinski definition) is 7. The van der Waals surface area contributed by atoms with Gasteiger partial charge in [0.25, 0.3) is 11.6 Å². The van der Waals surface area contributed by atoms with E-state index >= 15 is 0 Å². The Bertz CT molecular complexity index is 992. The average Bonchev–Trinajstić information content (AvgIpc) is 3.08. The fraction of sp³-hybridized carbons (Fsp3) is 0.118. The van der Waals surface area contributed by atoms with Crippen LogP contribution >= 0.6 is 34.7 Å². The lowest BCUT2D eigenvalue weighted by Gasteiger charge is -2.02. The van der Waals surface area contributed by atoms with Gasteiger partial charge in [-0.15, -0.1) is 10.2 Å². The van der Waals surface area contributed by atoms with Crippen LogP contribution in [0.1, 0.15) is 21.5 Å². The van der Waals surface area contributed by atoms with Crippen LogP contribution in [0.5, 0.6) is 0 Å². The van der Waals surface area contributed by atoms with Crippen molar-refractivity contribution in [2.75, 3.05) is 5.32 Å². The van der Waals surface area contributed by atoms with Gasteiger partial charge in [0.2, 0.25) is 5.13 Å². The topological polar surface area (TPSA) is 98.0 Å². The Morgan fingerprint density at radius 2 is 2.00 bits per heavy atom. The Balaban J connectivity index is 1.63.